The summed E-state index contributed by atoms with van der Waals surface area (Å²) in [5, 5.41) is 8.93. The molecule has 1 unspecified atom stereocenters. The molecule has 20 heavy (non-hydrogen) atoms. The van der Waals surface area contributed by atoms with Gasteiger partial charge >= 0.3 is 5.97 Å². The van der Waals surface area contributed by atoms with Crippen LogP contribution in [-0.2, 0) is 16.1 Å². The van der Waals surface area contributed by atoms with E-state index in [1.165, 1.54) is 30.2 Å². The summed E-state index contributed by atoms with van der Waals surface area (Å²) in [4.78, 5) is 24.6. The van der Waals surface area contributed by atoms with Crippen LogP contribution in [-0.4, -0.2) is 42.1 Å². The van der Waals surface area contributed by atoms with E-state index in [-0.39, 0.29) is 19.1 Å². The van der Waals surface area contributed by atoms with Gasteiger partial charge in [-0.3, -0.25) is 9.59 Å². The predicted octanol–water partition coefficient (Wildman–Crippen LogP) is 1.52. The average molecular weight is 281 g/mol. The first-order valence-electron chi connectivity index (χ1n) is 6.32. The van der Waals surface area contributed by atoms with Crippen molar-refractivity contribution in [3.8, 4) is 0 Å². The molecule has 6 heteroatoms. The molecule has 0 radical (unpaired) electrons. The number of benzene rings is 1. The molecule has 1 aliphatic heterocycles. The molecule has 1 amide bonds. The van der Waals surface area contributed by atoms with E-state index in [9.17, 15) is 14.0 Å². The molecule has 0 aliphatic carbocycles. The lowest BCUT2D eigenvalue weighted by molar-refractivity contribution is -0.141. The van der Waals surface area contributed by atoms with Crippen LogP contribution < -0.4 is 0 Å². The van der Waals surface area contributed by atoms with E-state index in [0.29, 0.717) is 24.1 Å². The lowest BCUT2D eigenvalue weighted by Gasteiger charge is -2.16. The second-order valence-corrected chi connectivity index (χ2v) is 4.81. The van der Waals surface area contributed by atoms with Crippen LogP contribution in [0.5, 0.6) is 0 Å². The number of carbonyl (C=O) groups is 2. The summed E-state index contributed by atoms with van der Waals surface area (Å²) in [6.45, 7) is 0.697. The Labute approximate surface area is 116 Å². The van der Waals surface area contributed by atoms with Gasteiger partial charge in [0.25, 0.3) is 5.91 Å². The molecular weight excluding hydrogens is 265 g/mol. The van der Waals surface area contributed by atoms with Gasteiger partial charge in [0.05, 0.1) is 12.5 Å². The summed E-state index contributed by atoms with van der Waals surface area (Å²) < 4.78 is 18.4. The van der Waals surface area contributed by atoms with Gasteiger partial charge in [-0.05, 0) is 24.6 Å². The highest BCUT2D eigenvalue weighted by atomic mass is 19.1. The molecule has 1 heterocycles. The Morgan fingerprint density at radius 1 is 1.50 bits per heavy atom. The van der Waals surface area contributed by atoms with Crippen LogP contribution in [0.15, 0.2) is 18.2 Å². The molecule has 1 aliphatic rings. The first-order valence-corrected chi connectivity index (χ1v) is 6.32. The lowest BCUT2D eigenvalue weighted by atomic mass is 10.1. The summed E-state index contributed by atoms with van der Waals surface area (Å²) in [7, 11) is 1.45. The lowest BCUT2D eigenvalue weighted by Crippen LogP contribution is -2.30. The number of halogens is 1. The van der Waals surface area contributed by atoms with Gasteiger partial charge in [-0.15, -0.1) is 0 Å². The zero-order chi connectivity index (χ0) is 14.7. The normalized spacial score (nSPS) is 18.3. The maximum Gasteiger partial charge on any atom is 0.308 e. The minimum absolute atomic E-state index is 0.0880. The summed E-state index contributed by atoms with van der Waals surface area (Å²) in [5.41, 5.74) is 0.664. The van der Waals surface area contributed by atoms with Crippen molar-refractivity contribution in [2.24, 2.45) is 5.92 Å². The van der Waals surface area contributed by atoms with Gasteiger partial charge in [-0.2, -0.15) is 0 Å². The highest BCUT2D eigenvalue weighted by molar-refractivity contribution is 5.95. The molecule has 0 aromatic heterocycles. The first-order chi connectivity index (χ1) is 9.52. The van der Waals surface area contributed by atoms with Crippen LogP contribution in [0.25, 0.3) is 0 Å². The molecule has 1 N–H and O–H groups in total. The van der Waals surface area contributed by atoms with E-state index in [1.54, 1.807) is 0 Å². The Morgan fingerprint density at radius 2 is 2.25 bits per heavy atom. The van der Waals surface area contributed by atoms with Crippen molar-refractivity contribution in [1.29, 1.82) is 0 Å². The number of methoxy groups -OCH3 is 1. The number of aliphatic carboxylic acids is 1. The number of carboxylic acid groups (broad SMARTS) is 1. The van der Waals surface area contributed by atoms with Crippen molar-refractivity contribution in [3.05, 3.63) is 35.1 Å². The molecule has 1 aromatic rings. The van der Waals surface area contributed by atoms with Crippen molar-refractivity contribution >= 4 is 11.9 Å². The van der Waals surface area contributed by atoms with Gasteiger partial charge in [0.2, 0.25) is 0 Å². The van der Waals surface area contributed by atoms with E-state index >= 15 is 0 Å². The maximum absolute atomic E-state index is 13.5. The van der Waals surface area contributed by atoms with Crippen LogP contribution in [0.1, 0.15) is 22.3 Å². The Balaban J connectivity index is 2.14. The van der Waals surface area contributed by atoms with Crippen molar-refractivity contribution < 1.29 is 23.8 Å². The summed E-state index contributed by atoms with van der Waals surface area (Å²) in [5.74, 6) is -2.10. The van der Waals surface area contributed by atoms with Crippen LogP contribution in [0, 0.1) is 11.7 Å². The molecule has 108 valence electrons. The molecule has 0 bridgehead atoms. The van der Waals surface area contributed by atoms with Crippen molar-refractivity contribution in [3.63, 3.8) is 0 Å². The minimum atomic E-state index is -0.889. The summed E-state index contributed by atoms with van der Waals surface area (Å²) in [6, 6.07) is 4.09. The molecule has 2 rings (SSSR count). The zero-order valence-electron chi connectivity index (χ0n) is 11.1. The van der Waals surface area contributed by atoms with Crippen molar-refractivity contribution in [2.45, 2.75) is 13.0 Å². The van der Waals surface area contributed by atoms with Crippen LogP contribution in [0.4, 0.5) is 4.39 Å². The molecule has 1 saturated heterocycles. The van der Waals surface area contributed by atoms with Crippen molar-refractivity contribution in [2.75, 3.05) is 20.2 Å². The van der Waals surface area contributed by atoms with E-state index in [4.69, 9.17) is 9.84 Å². The molecule has 1 atom stereocenters. The number of hydrogen-bond donors (Lipinski definition) is 1. The molecule has 1 fully saturated rings. The fourth-order valence-corrected chi connectivity index (χ4v) is 2.30. The molecule has 1 aromatic carbocycles. The largest absolute Gasteiger partial charge is 0.481 e. The monoisotopic (exact) mass is 281 g/mol. The summed E-state index contributed by atoms with van der Waals surface area (Å²) in [6.07, 6.45) is 0.452. The van der Waals surface area contributed by atoms with Gasteiger partial charge in [0.15, 0.2) is 0 Å². The van der Waals surface area contributed by atoms with Gasteiger partial charge in [-0.1, -0.05) is 0 Å². The Hall–Kier alpha value is -1.95. The number of ether oxygens (including phenoxy) is 1. The standard InChI is InChI=1S/C14H16FNO4/c1-20-8-11-6-9(2-3-12(11)15)13(17)16-5-4-10(7-16)14(18)19/h2-3,6,10H,4-5,7-8H2,1H3,(H,18,19). The maximum atomic E-state index is 13.5. The number of carboxylic acids is 1. The third kappa shape index (κ3) is 2.96. The van der Waals surface area contributed by atoms with Gasteiger partial charge in [0.1, 0.15) is 5.82 Å². The SMILES string of the molecule is COCc1cc(C(=O)N2CCC(C(=O)O)C2)ccc1F. The van der Waals surface area contributed by atoms with E-state index in [0.717, 1.165) is 0 Å². The predicted molar refractivity (Wildman–Crippen MR) is 68.8 cm³/mol. The number of hydrogen-bond acceptors (Lipinski definition) is 3. The topological polar surface area (TPSA) is 66.8 Å². The number of likely N-dealkylation sites (tertiary alicyclic amines) is 1. The second kappa shape index (κ2) is 6.00. The second-order valence-electron chi connectivity index (χ2n) is 4.81. The number of rotatable bonds is 4. The fourth-order valence-electron chi connectivity index (χ4n) is 2.30. The highest BCUT2D eigenvalue weighted by Gasteiger charge is 2.31. The Kier molecular flexibility index (Phi) is 4.34. The van der Waals surface area contributed by atoms with Crippen molar-refractivity contribution in [1.82, 2.24) is 4.90 Å². The Bertz CT molecular complexity index is 532. The first kappa shape index (κ1) is 14.5. The third-order valence-electron chi connectivity index (χ3n) is 3.42. The van der Waals surface area contributed by atoms with Crippen LogP contribution in [0.3, 0.4) is 0 Å². The highest BCUT2D eigenvalue weighted by Crippen LogP contribution is 2.20. The quantitative estimate of drug-likeness (QED) is 0.908. The van der Waals surface area contributed by atoms with E-state index < -0.39 is 17.7 Å². The average Bonchev–Trinajstić information content (AvgIpc) is 2.90. The molecule has 0 saturated carbocycles. The number of nitrogens with zero attached hydrogens (tertiary/aromatic N) is 1. The fraction of sp³-hybridized carbons (Fsp3) is 0.429. The molecular formula is C14H16FNO4. The van der Waals surface area contributed by atoms with Crippen LogP contribution >= 0.6 is 0 Å². The third-order valence-corrected chi connectivity index (χ3v) is 3.42. The Morgan fingerprint density at radius 3 is 2.85 bits per heavy atom. The van der Waals surface area contributed by atoms with Gasteiger partial charge < -0.3 is 14.7 Å². The number of amides is 1. The minimum Gasteiger partial charge on any atom is -0.481 e. The van der Waals surface area contributed by atoms with Gasteiger partial charge in [0, 0.05) is 31.3 Å². The number of carbonyl (C=O) groups excluding carboxylic acids is 1. The molecule has 0 spiro atoms. The summed E-state index contributed by atoms with van der Waals surface area (Å²) >= 11 is 0. The van der Waals surface area contributed by atoms with E-state index in [1.807, 2.05) is 0 Å². The smallest absolute Gasteiger partial charge is 0.308 e. The molecule has 5 nitrogen and oxygen atoms in total. The van der Waals surface area contributed by atoms with Gasteiger partial charge in [-0.25, -0.2) is 4.39 Å². The zero-order valence-corrected chi connectivity index (χ0v) is 11.1. The van der Waals surface area contributed by atoms with E-state index in [2.05, 4.69) is 0 Å². The van der Waals surface area contributed by atoms with Crippen LogP contribution in [0.2, 0.25) is 0 Å².